The number of carboxylic acids is 1. The molecule has 2 N–H and O–H groups in total. The second-order valence-corrected chi connectivity index (χ2v) is 6.28. The molecule has 0 bridgehead atoms. The lowest BCUT2D eigenvalue weighted by Crippen LogP contribution is -2.61. The highest BCUT2D eigenvalue weighted by atomic mass is 16.5. The van der Waals surface area contributed by atoms with Crippen LogP contribution in [-0.4, -0.2) is 61.4 Å². The highest BCUT2D eigenvalue weighted by molar-refractivity contribution is 5.80. The van der Waals surface area contributed by atoms with Crippen molar-refractivity contribution in [2.75, 3.05) is 39.9 Å². The fourth-order valence-corrected chi connectivity index (χ4v) is 3.56. The summed E-state index contributed by atoms with van der Waals surface area (Å²) in [4.78, 5) is 14.2. The first-order valence-corrected chi connectivity index (χ1v) is 7.82. The molecule has 0 aromatic carbocycles. The smallest absolute Gasteiger partial charge is 0.325 e. The fraction of sp³-hybridized carbons (Fsp3) is 0.933. The number of likely N-dealkylation sites (tertiary alicyclic amines) is 1. The second kappa shape index (κ2) is 6.87. The van der Waals surface area contributed by atoms with Gasteiger partial charge in [-0.2, -0.15) is 0 Å². The van der Waals surface area contributed by atoms with Gasteiger partial charge in [-0.25, -0.2) is 0 Å². The minimum absolute atomic E-state index is 0.294. The number of hydrogen-bond donors (Lipinski definition) is 2. The summed E-state index contributed by atoms with van der Waals surface area (Å²) < 4.78 is 5.26. The molecular formula is C15H28N2O3. The number of carbonyl (C=O) groups is 1. The van der Waals surface area contributed by atoms with Gasteiger partial charge in [-0.05, 0) is 50.6 Å². The van der Waals surface area contributed by atoms with Crippen molar-refractivity contribution >= 4 is 5.97 Å². The van der Waals surface area contributed by atoms with Gasteiger partial charge in [0.1, 0.15) is 5.54 Å². The van der Waals surface area contributed by atoms with Gasteiger partial charge in [-0.1, -0.05) is 6.92 Å². The summed E-state index contributed by atoms with van der Waals surface area (Å²) in [5, 5.41) is 13.0. The summed E-state index contributed by atoms with van der Waals surface area (Å²) in [6.07, 6.45) is 4.40. The van der Waals surface area contributed by atoms with Crippen molar-refractivity contribution in [3.63, 3.8) is 0 Å². The van der Waals surface area contributed by atoms with Crippen LogP contribution in [0.3, 0.4) is 0 Å². The minimum atomic E-state index is -0.746. The third-order valence-electron chi connectivity index (χ3n) is 4.63. The molecule has 2 atom stereocenters. The Kier molecular flexibility index (Phi) is 5.41. The van der Waals surface area contributed by atoms with E-state index in [0.29, 0.717) is 24.9 Å². The van der Waals surface area contributed by atoms with Crippen molar-refractivity contribution in [1.29, 1.82) is 0 Å². The van der Waals surface area contributed by atoms with E-state index in [1.807, 2.05) is 6.92 Å². The van der Waals surface area contributed by atoms with E-state index in [9.17, 15) is 9.90 Å². The molecule has 116 valence electrons. The van der Waals surface area contributed by atoms with E-state index in [0.717, 1.165) is 39.0 Å². The predicted octanol–water partition coefficient (Wildman–Crippen LogP) is 1.19. The van der Waals surface area contributed by atoms with Crippen LogP contribution < -0.4 is 5.32 Å². The quantitative estimate of drug-likeness (QED) is 0.701. The summed E-state index contributed by atoms with van der Waals surface area (Å²) in [7, 11) is 1.74. The summed E-state index contributed by atoms with van der Waals surface area (Å²) in [6, 6.07) is 0. The Hall–Kier alpha value is -0.650. The maximum absolute atomic E-state index is 11.9. The number of methoxy groups -OCH3 is 1. The number of likely N-dealkylation sites (N-methyl/N-ethyl adjacent to an activating group) is 1. The Balaban J connectivity index is 2.01. The third kappa shape index (κ3) is 3.51. The average molecular weight is 284 g/mol. The standard InChI is InChI=1S/C15H28N2O3/c1-3-16-15(14(18)19,13-6-7-13)11-17-8-4-5-12(9-17)10-20-2/h12-13,16H,3-11H2,1-2H3,(H,18,19). The van der Waals surface area contributed by atoms with Crippen molar-refractivity contribution in [3.8, 4) is 0 Å². The largest absolute Gasteiger partial charge is 0.480 e. The van der Waals surface area contributed by atoms with Crippen molar-refractivity contribution < 1.29 is 14.6 Å². The third-order valence-corrected chi connectivity index (χ3v) is 4.63. The highest BCUT2D eigenvalue weighted by Gasteiger charge is 2.51. The first-order valence-electron chi connectivity index (χ1n) is 7.82. The molecule has 2 fully saturated rings. The Labute approximate surface area is 121 Å². The van der Waals surface area contributed by atoms with Gasteiger partial charge in [-0.3, -0.25) is 4.79 Å². The van der Waals surface area contributed by atoms with Gasteiger partial charge in [0.2, 0.25) is 0 Å². The molecule has 2 aliphatic rings. The van der Waals surface area contributed by atoms with Gasteiger partial charge in [-0.15, -0.1) is 0 Å². The lowest BCUT2D eigenvalue weighted by molar-refractivity contribution is -0.147. The minimum Gasteiger partial charge on any atom is -0.480 e. The van der Waals surface area contributed by atoms with Crippen LogP contribution in [0.2, 0.25) is 0 Å². The molecule has 1 heterocycles. The Morgan fingerprint density at radius 1 is 1.45 bits per heavy atom. The van der Waals surface area contributed by atoms with Crippen LogP contribution in [0.15, 0.2) is 0 Å². The fourth-order valence-electron chi connectivity index (χ4n) is 3.56. The van der Waals surface area contributed by atoms with Crippen LogP contribution in [0.5, 0.6) is 0 Å². The zero-order valence-electron chi connectivity index (χ0n) is 12.7. The van der Waals surface area contributed by atoms with Crippen LogP contribution in [0.25, 0.3) is 0 Å². The molecule has 0 spiro atoms. The van der Waals surface area contributed by atoms with E-state index in [2.05, 4.69) is 10.2 Å². The second-order valence-electron chi connectivity index (χ2n) is 6.28. The van der Waals surface area contributed by atoms with Gasteiger partial charge in [0.05, 0.1) is 6.61 Å². The highest BCUT2D eigenvalue weighted by Crippen LogP contribution is 2.41. The zero-order chi connectivity index (χ0) is 14.6. The van der Waals surface area contributed by atoms with Crippen LogP contribution in [0.4, 0.5) is 0 Å². The van der Waals surface area contributed by atoms with Gasteiger partial charge < -0.3 is 20.1 Å². The van der Waals surface area contributed by atoms with Crippen molar-refractivity contribution in [1.82, 2.24) is 10.2 Å². The molecule has 1 saturated heterocycles. The maximum Gasteiger partial charge on any atom is 0.325 e. The van der Waals surface area contributed by atoms with Crippen molar-refractivity contribution in [2.24, 2.45) is 11.8 Å². The zero-order valence-corrected chi connectivity index (χ0v) is 12.7. The summed E-state index contributed by atoms with van der Waals surface area (Å²) in [5.74, 6) is 0.152. The number of nitrogens with one attached hydrogen (secondary N) is 1. The SMILES string of the molecule is CCNC(CN1CCCC(COC)C1)(C(=O)O)C1CC1. The molecule has 0 aromatic rings. The van der Waals surface area contributed by atoms with E-state index in [1.165, 1.54) is 6.42 Å². The number of aliphatic carboxylic acids is 1. The normalized spacial score (nSPS) is 27.2. The lowest BCUT2D eigenvalue weighted by atomic mass is 9.90. The summed E-state index contributed by atoms with van der Waals surface area (Å²) in [5.41, 5.74) is -0.746. The van der Waals surface area contributed by atoms with E-state index in [-0.39, 0.29) is 0 Å². The number of nitrogens with zero attached hydrogens (tertiary/aromatic N) is 1. The molecule has 5 nitrogen and oxygen atoms in total. The van der Waals surface area contributed by atoms with Gasteiger partial charge in [0.25, 0.3) is 0 Å². The van der Waals surface area contributed by atoms with E-state index in [1.54, 1.807) is 7.11 Å². The van der Waals surface area contributed by atoms with Crippen LogP contribution in [-0.2, 0) is 9.53 Å². The Morgan fingerprint density at radius 3 is 2.75 bits per heavy atom. The topological polar surface area (TPSA) is 61.8 Å². The number of hydrogen-bond acceptors (Lipinski definition) is 4. The molecule has 0 radical (unpaired) electrons. The number of piperidine rings is 1. The molecule has 1 saturated carbocycles. The average Bonchev–Trinajstić information content (AvgIpc) is 3.23. The number of ether oxygens (including phenoxy) is 1. The van der Waals surface area contributed by atoms with E-state index in [4.69, 9.17) is 4.74 Å². The monoisotopic (exact) mass is 284 g/mol. The summed E-state index contributed by atoms with van der Waals surface area (Å²) >= 11 is 0. The van der Waals surface area contributed by atoms with Crippen molar-refractivity contribution in [2.45, 2.75) is 38.1 Å². The molecule has 2 unspecified atom stereocenters. The maximum atomic E-state index is 11.9. The molecule has 5 heteroatoms. The van der Waals surface area contributed by atoms with E-state index < -0.39 is 11.5 Å². The molecule has 2 rings (SSSR count). The molecule has 0 aromatic heterocycles. The molecule has 1 aliphatic carbocycles. The molecular weight excluding hydrogens is 256 g/mol. The Morgan fingerprint density at radius 2 is 2.20 bits per heavy atom. The van der Waals surface area contributed by atoms with Crippen molar-refractivity contribution in [3.05, 3.63) is 0 Å². The first-order chi connectivity index (χ1) is 9.62. The van der Waals surface area contributed by atoms with Crippen LogP contribution in [0.1, 0.15) is 32.6 Å². The molecule has 20 heavy (non-hydrogen) atoms. The summed E-state index contributed by atoms with van der Waals surface area (Å²) in [6.45, 7) is 6.07. The van der Waals surface area contributed by atoms with Gasteiger partial charge in [0, 0.05) is 20.2 Å². The number of carboxylic acid groups (broad SMARTS) is 1. The molecule has 1 aliphatic heterocycles. The number of rotatable bonds is 8. The Bertz CT molecular complexity index is 331. The van der Waals surface area contributed by atoms with Gasteiger partial charge >= 0.3 is 5.97 Å². The first kappa shape index (κ1) is 15.7. The molecule has 0 amide bonds. The van der Waals surface area contributed by atoms with Gasteiger partial charge in [0.15, 0.2) is 0 Å². The van der Waals surface area contributed by atoms with Crippen LogP contribution in [0, 0.1) is 11.8 Å². The predicted molar refractivity (Wildman–Crippen MR) is 77.8 cm³/mol. The lowest BCUT2D eigenvalue weighted by Gasteiger charge is -2.39. The van der Waals surface area contributed by atoms with Crippen LogP contribution >= 0.6 is 0 Å². The van der Waals surface area contributed by atoms with E-state index >= 15 is 0 Å².